The van der Waals surface area contributed by atoms with Crippen molar-refractivity contribution in [3.63, 3.8) is 0 Å². The first-order valence-corrected chi connectivity index (χ1v) is 12.5. The van der Waals surface area contributed by atoms with Gasteiger partial charge in [0.25, 0.3) is 0 Å². The topological polar surface area (TPSA) is 105 Å². The van der Waals surface area contributed by atoms with Crippen LogP contribution in [-0.4, -0.2) is 41.3 Å². The fourth-order valence-electron chi connectivity index (χ4n) is 5.83. The summed E-state index contributed by atoms with van der Waals surface area (Å²) in [6, 6.07) is 16.3. The number of rotatable bonds is 8. The fraction of sp³-hybridized carbons (Fsp3) is 0.464. The summed E-state index contributed by atoms with van der Waals surface area (Å²) < 4.78 is 5.72. The number of carboxylic acid groups (broad SMARTS) is 1. The number of amides is 2. The summed E-state index contributed by atoms with van der Waals surface area (Å²) in [7, 11) is 0. The third-order valence-electron chi connectivity index (χ3n) is 7.88. The van der Waals surface area contributed by atoms with E-state index < -0.39 is 23.5 Å². The van der Waals surface area contributed by atoms with E-state index in [1.54, 1.807) is 0 Å². The van der Waals surface area contributed by atoms with Crippen LogP contribution in [0.25, 0.3) is 11.1 Å². The predicted octanol–water partition coefficient (Wildman–Crippen LogP) is 4.45. The van der Waals surface area contributed by atoms with Gasteiger partial charge in [0.2, 0.25) is 5.91 Å². The quantitative estimate of drug-likeness (QED) is 0.522. The molecule has 1 unspecified atom stereocenters. The highest BCUT2D eigenvalue weighted by Crippen LogP contribution is 2.45. The molecule has 35 heavy (non-hydrogen) atoms. The maximum absolute atomic E-state index is 12.9. The molecule has 5 rings (SSSR count). The van der Waals surface area contributed by atoms with E-state index in [4.69, 9.17) is 4.74 Å². The van der Waals surface area contributed by atoms with E-state index in [2.05, 4.69) is 34.9 Å². The zero-order valence-electron chi connectivity index (χ0n) is 20.0. The van der Waals surface area contributed by atoms with E-state index in [1.165, 1.54) is 11.1 Å². The number of carboxylic acids is 1. The van der Waals surface area contributed by atoms with Crippen molar-refractivity contribution < 1.29 is 24.2 Å². The average molecular weight is 477 g/mol. The molecule has 3 aliphatic rings. The van der Waals surface area contributed by atoms with Gasteiger partial charge in [-0.1, -0.05) is 48.5 Å². The Balaban J connectivity index is 1.19. The molecule has 3 aliphatic carbocycles. The van der Waals surface area contributed by atoms with Crippen LogP contribution in [0, 0.1) is 11.8 Å². The summed E-state index contributed by atoms with van der Waals surface area (Å²) in [5.74, 6) is -1.15. The maximum Gasteiger partial charge on any atom is 0.407 e. The first-order chi connectivity index (χ1) is 16.8. The molecule has 0 heterocycles. The van der Waals surface area contributed by atoms with Crippen LogP contribution in [0.3, 0.4) is 0 Å². The Morgan fingerprint density at radius 2 is 1.60 bits per heavy atom. The number of carbonyl (C=O) groups is 3. The van der Waals surface area contributed by atoms with Gasteiger partial charge in [0, 0.05) is 18.4 Å². The van der Waals surface area contributed by atoms with E-state index in [-0.39, 0.29) is 36.8 Å². The average Bonchev–Trinajstić information content (AvgIpc) is 3.52. The second-order valence-electron chi connectivity index (χ2n) is 10.4. The zero-order valence-corrected chi connectivity index (χ0v) is 20.0. The van der Waals surface area contributed by atoms with E-state index >= 15 is 0 Å². The van der Waals surface area contributed by atoms with E-state index in [9.17, 15) is 19.5 Å². The second kappa shape index (κ2) is 9.36. The van der Waals surface area contributed by atoms with Gasteiger partial charge in [0.1, 0.15) is 6.61 Å². The van der Waals surface area contributed by atoms with E-state index in [0.717, 1.165) is 24.0 Å². The van der Waals surface area contributed by atoms with Crippen molar-refractivity contribution in [3.8, 4) is 11.1 Å². The van der Waals surface area contributed by atoms with Gasteiger partial charge >= 0.3 is 12.1 Å². The van der Waals surface area contributed by atoms with Crippen LogP contribution < -0.4 is 10.6 Å². The molecule has 0 aliphatic heterocycles. The van der Waals surface area contributed by atoms with Crippen molar-refractivity contribution in [3.05, 3.63) is 59.7 Å². The van der Waals surface area contributed by atoms with Crippen molar-refractivity contribution in [2.75, 3.05) is 6.61 Å². The van der Waals surface area contributed by atoms with Crippen LogP contribution in [0.5, 0.6) is 0 Å². The lowest BCUT2D eigenvalue weighted by atomic mass is 9.91. The molecule has 0 bridgehead atoms. The number of ether oxygens (including phenoxy) is 1. The van der Waals surface area contributed by atoms with Gasteiger partial charge in [-0.15, -0.1) is 0 Å². The normalized spacial score (nSPS) is 22.5. The van der Waals surface area contributed by atoms with Gasteiger partial charge in [-0.25, -0.2) is 4.79 Å². The van der Waals surface area contributed by atoms with Gasteiger partial charge in [-0.2, -0.15) is 0 Å². The zero-order chi connectivity index (χ0) is 24.6. The van der Waals surface area contributed by atoms with Gasteiger partial charge in [0.05, 0.1) is 11.5 Å². The highest BCUT2D eigenvalue weighted by molar-refractivity contribution is 5.80. The van der Waals surface area contributed by atoms with Gasteiger partial charge in [-0.3, -0.25) is 9.59 Å². The van der Waals surface area contributed by atoms with E-state index in [0.29, 0.717) is 19.3 Å². The SMILES string of the molecule is CC(CC(=O)N[C@@H]1CC[C@H](C(=O)O)C1)(NC(=O)OCC1c2ccccc2-c2ccccc21)C1CC1. The van der Waals surface area contributed by atoms with Crippen LogP contribution in [0.2, 0.25) is 0 Å². The number of aliphatic carboxylic acids is 1. The number of alkyl carbamates (subject to hydrolysis) is 1. The number of fused-ring (bicyclic) bond motifs is 3. The summed E-state index contributed by atoms with van der Waals surface area (Å²) in [6.07, 6.45) is 3.26. The standard InChI is InChI=1S/C28H32N2O5/c1-28(18-11-12-18,15-25(31)29-19-13-10-17(14-19)26(32)33)30-27(34)35-16-24-22-8-4-2-6-20(22)21-7-3-5-9-23(21)24/h2-9,17-19,24H,10-16H2,1H3,(H,29,31)(H,30,34)(H,32,33)/t17-,19+,28?/m0/s1. The Kier molecular flexibility index (Phi) is 6.26. The monoisotopic (exact) mass is 476 g/mol. The molecule has 0 aromatic heterocycles. The maximum atomic E-state index is 12.9. The number of hydrogen-bond donors (Lipinski definition) is 3. The molecule has 7 nitrogen and oxygen atoms in total. The Bertz CT molecular complexity index is 1100. The van der Waals surface area contributed by atoms with E-state index in [1.807, 2.05) is 31.2 Å². The smallest absolute Gasteiger partial charge is 0.407 e. The minimum atomic E-state index is -0.804. The predicted molar refractivity (Wildman–Crippen MR) is 131 cm³/mol. The molecule has 184 valence electrons. The van der Waals surface area contributed by atoms with Crippen molar-refractivity contribution in [1.29, 1.82) is 0 Å². The first kappa shape index (κ1) is 23.4. The molecule has 2 aromatic carbocycles. The Hall–Kier alpha value is -3.35. The Morgan fingerprint density at radius 1 is 0.971 bits per heavy atom. The lowest BCUT2D eigenvalue weighted by Gasteiger charge is -2.31. The third-order valence-corrected chi connectivity index (χ3v) is 7.88. The molecule has 2 fully saturated rings. The largest absolute Gasteiger partial charge is 0.481 e. The second-order valence-corrected chi connectivity index (χ2v) is 10.4. The van der Waals surface area contributed by atoms with Crippen molar-refractivity contribution in [2.45, 2.75) is 62.9 Å². The molecule has 7 heteroatoms. The summed E-state index contributed by atoms with van der Waals surface area (Å²) in [5, 5.41) is 15.2. The lowest BCUT2D eigenvalue weighted by molar-refractivity contribution is -0.141. The summed E-state index contributed by atoms with van der Waals surface area (Å²) in [4.78, 5) is 36.9. The number of nitrogens with one attached hydrogen (secondary N) is 2. The van der Waals surface area contributed by atoms with Crippen LogP contribution >= 0.6 is 0 Å². The van der Waals surface area contributed by atoms with Gasteiger partial charge in [0.15, 0.2) is 0 Å². The van der Waals surface area contributed by atoms with Crippen LogP contribution in [0.15, 0.2) is 48.5 Å². The summed E-state index contributed by atoms with van der Waals surface area (Å²) >= 11 is 0. The number of hydrogen-bond acceptors (Lipinski definition) is 4. The molecule has 0 saturated heterocycles. The fourth-order valence-corrected chi connectivity index (χ4v) is 5.83. The number of benzene rings is 2. The minimum Gasteiger partial charge on any atom is -0.481 e. The molecule has 2 amide bonds. The lowest BCUT2D eigenvalue weighted by Crippen LogP contribution is -2.51. The molecular weight excluding hydrogens is 444 g/mol. The van der Waals surface area contributed by atoms with Gasteiger partial charge < -0.3 is 20.5 Å². The highest BCUT2D eigenvalue weighted by atomic mass is 16.5. The van der Waals surface area contributed by atoms with Crippen molar-refractivity contribution >= 4 is 18.0 Å². The molecule has 3 N–H and O–H groups in total. The highest BCUT2D eigenvalue weighted by Gasteiger charge is 2.45. The van der Waals surface area contributed by atoms with Crippen LogP contribution in [-0.2, 0) is 14.3 Å². The minimum absolute atomic E-state index is 0.0202. The Morgan fingerprint density at radius 3 is 2.17 bits per heavy atom. The van der Waals surface area contributed by atoms with Crippen LogP contribution in [0.4, 0.5) is 4.79 Å². The number of carbonyl (C=O) groups excluding carboxylic acids is 2. The summed E-state index contributed by atoms with van der Waals surface area (Å²) in [5.41, 5.74) is 3.96. The Labute approximate surface area is 205 Å². The third kappa shape index (κ3) is 4.90. The van der Waals surface area contributed by atoms with Crippen molar-refractivity contribution in [2.24, 2.45) is 11.8 Å². The summed E-state index contributed by atoms with van der Waals surface area (Å²) in [6.45, 7) is 2.13. The van der Waals surface area contributed by atoms with Crippen molar-refractivity contribution in [1.82, 2.24) is 10.6 Å². The first-order valence-electron chi connectivity index (χ1n) is 12.5. The molecule has 0 spiro atoms. The molecular formula is C28H32N2O5. The molecule has 2 saturated carbocycles. The molecule has 2 aromatic rings. The van der Waals surface area contributed by atoms with Gasteiger partial charge in [-0.05, 0) is 67.2 Å². The molecule has 3 atom stereocenters. The van der Waals surface area contributed by atoms with Crippen LogP contribution in [0.1, 0.15) is 62.5 Å². The molecule has 0 radical (unpaired) electrons.